The van der Waals surface area contributed by atoms with Gasteiger partial charge in [0.05, 0.1) is 19.3 Å². The van der Waals surface area contributed by atoms with Crippen molar-refractivity contribution >= 4 is 29.9 Å². The minimum absolute atomic E-state index is 0. The molecule has 26 heavy (non-hydrogen) atoms. The van der Waals surface area contributed by atoms with Crippen LogP contribution in [0.5, 0.6) is 0 Å². The number of ether oxygens (including phenoxy) is 3. The lowest BCUT2D eigenvalue weighted by Crippen LogP contribution is -2.38. The Morgan fingerprint density at radius 2 is 1.77 bits per heavy atom. The van der Waals surface area contributed by atoms with Crippen molar-refractivity contribution in [2.45, 2.75) is 57.5 Å². The molecule has 1 saturated heterocycles. The molecular weight excluding hydrogens is 445 g/mol. The smallest absolute Gasteiger partial charge is 0.190 e. The molecule has 2 rings (SSSR count). The van der Waals surface area contributed by atoms with Crippen LogP contribution in [0.4, 0.5) is 0 Å². The topological polar surface area (TPSA) is 64.1 Å². The Balaban J connectivity index is 0.00000338. The fourth-order valence-corrected chi connectivity index (χ4v) is 3.33. The maximum atomic E-state index is 5.94. The number of hydrogen-bond acceptors (Lipinski definition) is 4. The van der Waals surface area contributed by atoms with E-state index in [0.717, 1.165) is 71.3 Å². The highest BCUT2D eigenvalue weighted by molar-refractivity contribution is 14.0. The fraction of sp³-hybridized carbons (Fsp3) is 0.947. The van der Waals surface area contributed by atoms with Crippen molar-refractivity contribution in [1.82, 2.24) is 10.6 Å². The number of guanidine groups is 1. The SMILES string of the molecule is CN=C(NCCCOCC1CCOC1)NCCCOC1CCCCC1.I. The number of hydrogen-bond donors (Lipinski definition) is 2. The first-order chi connectivity index (χ1) is 12.4. The van der Waals surface area contributed by atoms with E-state index in [-0.39, 0.29) is 24.0 Å². The summed E-state index contributed by atoms with van der Waals surface area (Å²) in [6.07, 6.45) is 10.2. The predicted octanol–water partition coefficient (Wildman–Crippen LogP) is 2.95. The molecule has 7 heteroatoms. The third-order valence-corrected chi connectivity index (χ3v) is 4.88. The molecule has 0 bridgehead atoms. The highest BCUT2D eigenvalue weighted by atomic mass is 127. The molecule has 1 aliphatic carbocycles. The third-order valence-electron chi connectivity index (χ3n) is 4.88. The Morgan fingerprint density at radius 1 is 1.04 bits per heavy atom. The van der Waals surface area contributed by atoms with E-state index in [1.54, 1.807) is 0 Å². The van der Waals surface area contributed by atoms with Crippen molar-refractivity contribution < 1.29 is 14.2 Å². The lowest BCUT2D eigenvalue weighted by atomic mass is 9.98. The molecule has 154 valence electrons. The Bertz CT molecular complexity index is 360. The highest BCUT2D eigenvalue weighted by Gasteiger charge is 2.15. The van der Waals surface area contributed by atoms with Gasteiger partial charge < -0.3 is 24.8 Å². The summed E-state index contributed by atoms with van der Waals surface area (Å²) in [5, 5.41) is 6.68. The average Bonchev–Trinajstić information content (AvgIpc) is 3.17. The van der Waals surface area contributed by atoms with Crippen molar-refractivity contribution in [3.8, 4) is 0 Å². The summed E-state index contributed by atoms with van der Waals surface area (Å²) in [7, 11) is 1.81. The second-order valence-electron chi connectivity index (χ2n) is 7.07. The van der Waals surface area contributed by atoms with Gasteiger partial charge in [0, 0.05) is 45.9 Å². The molecule has 0 amide bonds. The van der Waals surface area contributed by atoms with Gasteiger partial charge in [-0.05, 0) is 32.1 Å². The minimum Gasteiger partial charge on any atom is -0.381 e. The summed E-state index contributed by atoms with van der Waals surface area (Å²) in [5.74, 6) is 1.46. The molecule has 1 unspecified atom stereocenters. The van der Waals surface area contributed by atoms with Gasteiger partial charge in [-0.3, -0.25) is 4.99 Å². The quantitative estimate of drug-likeness (QED) is 0.205. The predicted molar refractivity (Wildman–Crippen MR) is 117 cm³/mol. The molecule has 0 aromatic rings. The van der Waals surface area contributed by atoms with Gasteiger partial charge in [-0.1, -0.05) is 19.3 Å². The number of halogens is 1. The maximum absolute atomic E-state index is 5.94. The Labute approximate surface area is 176 Å². The van der Waals surface area contributed by atoms with Crippen molar-refractivity contribution in [1.29, 1.82) is 0 Å². The van der Waals surface area contributed by atoms with Gasteiger partial charge in [0.15, 0.2) is 5.96 Å². The van der Waals surface area contributed by atoms with E-state index in [9.17, 15) is 0 Å². The van der Waals surface area contributed by atoms with E-state index >= 15 is 0 Å². The summed E-state index contributed by atoms with van der Waals surface area (Å²) in [6, 6.07) is 0. The normalized spacial score (nSPS) is 21.4. The van der Waals surface area contributed by atoms with Crippen molar-refractivity contribution in [2.75, 3.05) is 53.2 Å². The number of nitrogens with zero attached hydrogens (tertiary/aromatic N) is 1. The summed E-state index contributed by atoms with van der Waals surface area (Å²) >= 11 is 0. The summed E-state index contributed by atoms with van der Waals surface area (Å²) in [6.45, 7) is 5.98. The molecule has 2 aliphatic rings. The molecule has 2 fully saturated rings. The van der Waals surface area contributed by atoms with Crippen LogP contribution in [0.25, 0.3) is 0 Å². The molecule has 0 aromatic heterocycles. The van der Waals surface area contributed by atoms with Crippen LogP contribution >= 0.6 is 24.0 Å². The van der Waals surface area contributed by atoms with E-state index < -0.39 is 0 Å². The van der Waals surface area contributed by atoms with Crippen molar-refractivity contribution in [2.24, 2.45) is 10.9 Å². The third kappa shape index (κ3) is 10.9. The number of rotatable bonds is 11. The van der Waals surface area contributed by atoms with Gasteiger partial charge in [-0.15, -0.1) is 24.0 Å². The Morgan fingerprint density at radius 3 is 2.42 bits per heavy atom. The lowest BCUT2D eigenvalue weighted by molar-refractivity contribution is 0.0277. The van der Waals surface area contributed by atoms with Crippen molar-refractivity contribution in [3.05, 3.63) is 0 Å². The monoisotopic (exact) mass is 483 g/mol. The second kappa shape index (κ2) is 15.9. The zero-order chi connectivity index (χ0) is 17.6. The first-order valence-electron chi connectivity index (χ1n) is 10.1. The van der Waals surface area contributed by atoms with Gasteiger partial charge in [-0.2, -0.15) is 0 Å². The molecule has 0 aromatic carbocycles. The summed E-state index contributed by atoms with van der Waals surface area (Å²) in [4.78, 5) is 4.25. The highest BCUT2D eigenvalue weighted by Crippen LogP contribution is 2.20. The zero-order valence-corrected chi connectivity index (χ0v) is 18.7. The van der Waals surface area contributed by atoms with Crippen LogP contribution < -0.4 is 10.6 Å². The van der Waals surface area contributed by atoms with Crippen LogP contribution in [-0.4, -0.2) is 65.2 Å². The average molecular weight is 483 g/mol. The molecular formula is C19H38IN3O3. The van der Waals surface area contributed by atoms with Crippen LogP contribution in [0.2, 0.25) is 0 Å². The molecule has 0 radical (unpaired) electrons. The van der Waals surface area contributed by atoms with E-state index in [4.69, 9.17) is 14.2 Å². The van der Waals surface area contributed by atoms with Crippen LogP contribution in [0.3, 0.4) is 0 Å². The Kier molecular flexibility index (Phi) is 14.6. The summed E-state index contributed by atoms with van der Waals surface area (Å²) in [5.41, 5.74) is 0. The van der Waals surface area contributed by atoms with Gasteiger partial charge in [0.1, 0.15) is 0 Å². The molecule has 6 nitrogen and oxygen atoms in total. The lowest BCUT2D eigenvalue weighted by Gasteiger charge is -2.22. The molecule has 1 aliphatic heterocycles. The van der Waals surface area contributed by atoms with Crippen LogP contribution in [-0.2, 0) is 14.2 Å². The van der Waals surface area contributed by atoms with E-state index in [1.165, 1.54) is 32.1 Å². The van der Waals surface area contributed by atoms with Crippen LogP contribution in [0.15, 0.2) is 4.99 Å². The first-order valence-corrected chi connectivity index (χ1v) is 10.1. The second-order valence-corrected chi connectivity index (χ2v) is 7.07. The van der Waals surface area contributed by atoms with E-state index in [1.807, 2.05) is 7.05 Å². The van der Waals surface area contributed by atoms with Gasteiger partial charge in [0.2, 0.25) is 0 Å². The molecule has 1 saturated carbocycles. The molecule has 0 spiro atoms. The molecule has 2 N–H and O–H groups in total. The zero-order valence-electron chi connectivity index (χ0n) is 16.3. The largest absolute Gasteiger partial charge is 0.381 e. The minimum atomic E-state index is 0. The first kappa shape index (κ1) is 23.9. The van der Waals surface area contributed by atoms with Gasteiger partial charge in [0.25, 0.3) is 0 Å². The fourth-order valence-electron chi connectivity index (χ4n) is 3.33. The van der Waals surface area contributed by atoms with Crippen LogP contribution in [0.1, 0.15) is 51.4 Å². The van der Waals surface area contributed by atoms with E-state index in [2.05, 4.69) is 15.6 Å². The van der Waals surface area contributed by atoms with Gasteiger partial charge >= 0.3 is 0 Å². The molecule has 1 heterocycles. The maximum Gasteiger partial charge on any atom is 0.190 e. The number of aliphatic imine (C=N–C) groups is 1. The summed E-state index contributed by atoms with van der Waals surface area (Å²) < 4.78 is 17.0. The number of nitrogens with one attached hydrogen (secondary N) is 2. The van der Waals surface area contributed by atoms with Crippen molar-refractivity contribution in [3.63, 3.8) is 0 Å². The van der Waals surface area contributed by atoms with Gasteiger partial charge in [-0.25, -0.2) is 0 Å². The van der Waals surface area contributed by atoms with Crippen LogP contribution in [0, 0.1) is 5.92 Å². The standard InChI is InChI=1S/C19H37N3O3.HI/c1-20-19(21-10-5-12-23-15-17-9-14-24-16-17)22-11-6-13-25-18-7-3-2-4-8-18;/h17-18H,2-16H2,1H3,(H2,20,21,22);1H. The van der Waals surface area contributed by atoms with E-state index in [0.29, 0.717) is 12.0 Å². The molecule has 1 atom stereocenters. The Hall–Kier alpha value is -0.120.